The van der Waals surface area contributed by atoms with Crippen molar-refractivity contribution in [2.75, 3.05) is 34.0 Å². The molecule has 1 N–H and O–H groups in total. The van der Waals surface area contributed by atoms with Crippen molar-refractivity contribution in [3.63, 3.8) is 0 Å². The van der Waals surface area contributed by atoms with E-state index in [2.05, 4.69) is 15.3 Å². The summed E-state index contributed by atoms with van der Waals surface area (Å²) in [4.78, 5) is 21.6. The van der Waals surface area contributed by atoms with Gasteiger partial charge in [0.15, 0.2) is 0 Å². The van der Waals surface area contributed by atoms with E-state index in [0.717, 1.165) is 28.2 Å². The van der Waals surface area contributed by atoms with Gasteiger partial charge in [-0.3, -0.25) is 14.8 Å². The van der Waals surface area contributed by atoms with Crippen molar-refractivity contribution in [2.24, 2.45) is 4.99 Å². The predicted molar refractivity (Wildman–Crippen MR) is 109 cm³/mol. The summed E-state index contributed by atoms with van der Waals surface area (Å²) in [6.45, 7) is 2.26. The summed E-state index contributed by atoms with van der Waals surface area (Å²) in [7, 11) is 3.26. The zero-order valence-electron chi connectivity index (χ0n) is 16.8. The Labute approximate surface area is 170 Å². The Bertz CT molecular complexity index is 868. The van der Waals surface area contributed by atoms with Crippen molar-refractivity contribution in [1.82, 2.24) is 10.3 Å². The van der Waals surface area contributed by atoms with E-state index in [9.17, 15) is 9.18 Å². The number of nitrogens with one attached hydrogen (secondary N) is 1. The number of hydrogen-bond acceptors (Lipinski definition) is 6. The van der Waals surface area contributed by atoms with Crippen LogP contribution in [0.5, 0.6) is 0 Å². The molecule has 0 aliphatic carbocycles. The molecule has 0 saturated carbocycles. The first kappa shape index (κ1) is 21.1. The van der Waals surface area contributed by atoms with Gasteiger partial charge in [0.05, 0.1) is 19.8 Å². The zero-order chi connectivity index (χ0) is 20.6. The molecule has 0 spiro atoms. The van der Waals surface area contributed by atoms with Gasteiger partial charge >= 0.3 is 0 Å². The maximum absolute atomic E-state index is 13.2. The number of ether oxygens (including phenoxy) is 2. The maximum atomic E-state index is 13.2. The Hall–Kier alpha value is -2.64. The average molecular weight is 399 g/mol. The first-order chi connectivity index (χ1) is 14.1. The quantitative estimate of drug-likeness (QED) is 0.622. The molecule has 2 heterocycles. The number of rotatable bonds is 10. The van der Waals surface area contributed by atoms with E-state index in [1.54, 1.807) is 32.5 Å². The smallest absolute Gasteiger partial charge is 0.139 e. The number of carbonyl (C=O) groups is 1. The highest BCUT2D eigenvalue weighted by molar-refractivity contribution is 6.01. The van der Waals surface area contributed by atoms with E-state index in [1.807, 2.05) is 6.07 Å². The molecule has 0 unspecified atom stereocenters. The number of aliphatic imine (C=N–C) groups is 1. The second-order valence-corrected chi connectivity index (χ2v) is 7.04. The highest BCUT2D eigenvalue weighted by Crippen LogP contribution is 2.23. The first-order valence-electron chi connectivity index (χ1n) is 9.62. The van der Waals surface area contributed by atoms with E-state index >= 15 is 0 Å². The van der Waals surface area contributed by atoms with Crippen molar-refractivity contribution < 1.29 is 18.7 Å². The summed E-state index contributed by atoms with van der Waals surface area (Å²) in [6, 6.07) is 8.17. The molecule has 0 saturated heterocycles. The predicted octanol–water partition coefficient (Wildman–Crippen LogP) is 2.65. The number of pyridine rings is 1. The van der Waals surface area contributed by atoms with Crippen LogP contribution < -0.4 is 5.32 Å². The van der Waals surface area contributed by atoms with E-state index < -0.39 is 0 Å². The highest BCUT2D eigenvalue weighted by Gasteiger charge is 2.20. The Morgan fingerprint density at radius 3 is 2.76 bits per heavy atom. The Kier molecular flexibility index (Phi) is 7.43. The van der Waals surface area contributed by atoms with Crippen LogP contribution in [-0.2, 0) is 27.2 Å². The lowest BCUT2D eigenvalue weighted by atomic mass is 9.93. The summed E-state index contributed by atoms with van der Waals surface area (Å²) < 4.78 is 23.5. The van der Waals surface area contributed by atoms with Crippen molar-refractivity contribution in [3.8, 4) is 0 Å². The second kappa shape index (κ2) is 10.2. The Morgan fingerprint density at radius 2 is 2.03 bits per heavy atom. The molecule has 0 bridgehead atoms. The third kappa shape index (κ3) is 5.68. The van der Waals surface area contributed by atoms with Crippen molar-refractivity contribution in [2.45, 2.75) is 25.3 Å². The van der Waals surface area contributed by atoms with Gasteiger partial charge in [0.25, 0.3) is 0 Å². The lowest BCUT2D eigenvalue weighted by molar-refractivity contribution is -0.119. The molecule has 1 atom stereocenters. The molecule has 6 nitrogen and oxygen atoms in total. The minimum Gasteiger partial charge on any atom is -0.384 e. The lowest BCUT2D eigenvalue weighted by Gasteiger charge is -2.16. The molecule has 0 amide bonds. The van der Waals surface area contributed by atoms with Crippen molar-refractivity contribution >= 4 is 11.6 Å². The normalized spacial score (nSPS) is 13.7. The molecule has 7 heteroatoms. The standard InChI is InChI=1S/C22H26FN3O3/c1-28-8-7-24-22-21-13-25-19(9-16(21)12-26-22)11-20(27)10-17(14-29-2)15-3-5-18(23)6-4-15/h3-6,9,13,17H,7-8,10-12,14H2,1-2H3,(H,24,26)/t17-/m1/s1. The van der Waals surface area contributed by atoms with Gasteiger partial charge in [-0.25, -0.2) is 4.39 Å². The number of Topliss-reactive ketones (excluding diaryl/α,β-unsaturated/α-hetero) is 1. The Balaban J connectivity index is 1.61. The minimum atomic E-state index is -0.295. The number of aromatic nitrogens is 1. The van der Waals surface area contributed by atoms with Crippen molar-refractivity contribution in [1.29, 1.82) is 0 Å². The van der Waals surface area contributed by atoms with Crippen LogP contribution in [0.3, 0.4) is 0 Å². The van der Waals surface area contributed by atoms with Gasteiger partial charge in [0, 0.05) is 57.0 Å². The van der Waals surface area contributed by atoms with Crippen LogP contribution in [-0.4, -0.2) is 50.6 Å². The minimum absolute atomic E-state index is 0.0705. The molecular formula is C22H26FN3O3. The van der Waals surface area contributed by atoms with E-state index in [-0.39, 0.29) is 23.9 Å². The number of carbonyl (C=O) groups excluding carboxylic acids is 1. The average Bonchev–Trinajstić information content (AvgIpc) is 3.11. The molecule has 1 aromatic carbocycles. The summed E-state index contributed by atoms with van der Waals surface area (Å²) in [5.74, 6) is 0.486. The number of amidine groups is 1. The van der Waals surface area contributed by atoms with E-state index in [1.165, 1.54) is 12.1 Å². The summed E-state index contributed by atoms with van der Waals surface area (Å²) in [5, 5.41) is 3.24. The largest absolute Gasteiger partial charge is 0.384 e. The van der Waals surface area contributed by atoms with Crippen LogP contribution >= 0.6 is 0 Å². The zero-order valence-corrected chi connectivity index (χ0v) is 16.8. The number of hydrogen-bond donors (Lipinski definition) is 1. The SMILES string of the molecule is COCCNC1=NCc2cc(CC(=O)C[C@H](COC)c3ccc(F)cc3)ncc21. The van der Waals surface area contributed by atoms with Gasteiger partial charge in [-0.15, -0.1) is 0 Å². The molecule has 1 aromatic heterocycles. The fourth-order valence-corrected chi connectivity index (χ4v) is 3.42. The van der Waals surface area contributed by atoms with Crippen LogP contribution in [0.25, 0.3) is 0 Å². The fraction of sp³-hybridized carbons (Fsp3) is 0.409. The van der Waals surface area contributed by atoms with Gasteiger partial charge in [-0.2, -0.15) is 0 Å². The van der Waals surface area contributed by atoms with E-state index in [4.69, 9.17) is 9.47 Å². The van der Waals surface area contributed by atoms with Crippen LogP contribution in [0.15, 0.2) is 41.5 Å². The molecule has 0 radical (unpaired) electrons. The number of methoxy groups -OCH3 is 2. The molecule has 154 valence electrons. The third-order valence-corrected chi connectivity index (χ3v) is 4.87. The van der Waals surface area contributed by atoms with Crippen molar-refractivity contribution in [3.05, 3.63) is 64.7 Å². The first-order valence-corrected chi connectivity index (χ1v) is 9.62. The van der Waals surface area contributed by atoms with E-state index in [0.29, 0.717) is 32.7 Å². The summed E-state index contributed by atoms with van der Waals surface area (Å²) in [5.41, 5.74) is 3.66. The van der Waals surface area contributed by atoms with Crippen LogP contribution in [0.1, 0.15) is 34.7 Å². The molecule has 2 aromatic rings. The summed E-state index contributed by atoms with van der Waals surface area (Å²) in [6.07, 6.45) is 2.34. The number of benzene rings is 1. The number of halogens is 1. The molecular weight excluding hydrogens is 373 g/mol. The van der Waals surface area contributed by atoms with Crippen LogP contribution in [0, 0.1) is 5.82 Å². The Morgan fingerprint density at radius 1 is 1.24 bits per heavy atom. The monoisotopic (exact) mass is 399 g/mol. The highest BCUT2D eigenvalue weighted by atomic mass is 19.1. The lowest BCUT2D eigenvalue weighted by Crippen LogP contribution is -2.27. The topological polar surface area (TPSA) is 72.8 Å². The number of nitrogens with zero attached hydrogens (tertiary/aromatic N) is 2. The second-order valence-electron chi connectivity index (χ2n) is 7.04. The van der Waals surface area contributed by atoms with Gasteiger partial charge in [0.1, 0.15) is 17.4 Å². The number of fused-ring (bicyclic) bond motifs is 1. The maximum Gasteiger partial charge on any atom is 0.139 e. The van der Waals surface area contributed by atoms with Crippen LogP contribution in [0.2, 0.25) is 0 Å². The van der Waals surface area contributed by atoms with Gasteiger partial charge in [-0.05, 0) is 29.3 Å². The molecule has 29 heavy (non-hydrogen) atoms. The fourth-order valence-electron chi connectivity index (χ4n) is 3.42. The van der Waals surface area contributed by atoms with Gasteiger partial charge < -0.3 is 14.8 Å². The molecule has 3 rings (SSSR count). The third-order valence-electron chi connectivity index (χ3n) is 4.87. The van der Waals surface area contributed by atoms with Gasteiger partial charge in [-0.1, -0.05) is 12.1 Å². The molecule has 0 fully saturated rings. The molecule has 1 aliphatic rings. The number of ketones is 1. The summed E-state index contributed by atoms with van der Waals surface area (Å²) >= 11 is 0. The molecule has 1 aliphatic heterocycles. The van der Waals surface area contributed by atoms with Gasteiger partial charge in [0.2, 0.25) is 0 Å². The van der Waals surface area contributed by atoms with Crippen LogP contribution in [0.4, 0.5) is 4.39 Å².